The number of para-hydroxylation sites is 1. The van der Waals surface area contributed by atoms with Gasteiger partial charge in [-0.05, 0) is 37.3 Å². The van der Waals surface area contributed by atoms with E-state index in [0.717, 1.165) is 17.8 Å². The quantitative estimate of drug-likeness (QED) is 0.896. The van der Waals surface area contributed by atoms with Crippen molar-refractivity contribution in [3.8, 4) is 0 Å². The van der Waals surface area contributed by atoms with Crippen LogP contribution in [0.2, 0.25) is 0 Å². The van der Waals surface area contributed by atoms with Crippen LogP contribution in [0.3, 0.4) is 0 Å². The molecule has 0 radical (unpaired) electrons. The van der Waals surface area contributed by atoms with Crippen LogP contribution in [0.5, 0.6) is 0 Å². The van der Waals surface area contributed by atoms with Gasteiger partial charge in [0.25, 0.3) is 5.91 Å². The van der Waals surface area contributed by atoms with E-state index in [9.17, 15) is 18.4 Å². The molecule has 1 saturated heterocycles. The molecule has 0 aromatic heterocycles. The SMILES string of the molecule is C[C@@H](NC(=O)c1ccc(F)c(F)c1)C(=O)N1CCN(c2ccccc2)CC1. The molecular weight excluding hydrogens is 352 g/mol. The Bertz CT molecular complexity index is 821. The number of hydrogen-bond acceptors (Lipinski definition) is 3. The number of carbonyl (C=O) groups excluding carboxylic acids is 2. The highest BCUT2D eigenvalue weighted by Gasteiger charge is 2.26. The Kier molecular flexibility index (Phi) is 5.69. The molecule has 7 heteroatoms. The Morgan fingerprint density at radius 3 is 2.26 bits per heavy atom. The second-order valence-corrected chi connectivity index (χ2v) is 6.47. The summed E-state index contributed by atoms with van der Waals surface area (Å²) in [7, 11) is 0. The molecule has 1 aliphatic heterocycles. The molecule has 1 fully saturated rings. The van der Waals surface area contributed by atoms with Crippen LogP contribution in [-0.4, -0.2) is 48.9 Å². The Morgan fingerprint density at radius 2 is 1.63 bits per heavy atom. The number of halogens is 2. The summed E-state index contributed by atoms with van der Waals surface area (Å²) in [6.07, 6.45) is 0. The van der Waals surface area contributed by atoms with Crippen molar-refractivity contribution in [1.82, 2.24) is 10.2 Å². The second-order valence-electron chi connectivity index (χ2n) is 6.47. The number of hydrogen-bond donors (Lipinski definition) is 1. The van der Waals surface area contributed by atoms with Crippen LogP contribution in [0.25, 0.3) is 0 Å². The summed E-state index contributed by atoms with van der Waals surface area (Å²) in [5, 5.41) is 2.55. The van der Waals surface area contributed by atoms with Crippen LogP contribution in [-0.2, 0) is 4.79 Å². The predicted molar refractivity (Wildman–Crippen MR) is 98.5 cm³/mol. The standard InChI is InChI=1S/C20H21F2N3O2/c1-14(23-19(26)15-7-8-17(21)18(22)13-15)20(27)25-11-9-24(10-12-25)16-5-3-2-4-6-16/h2-8,13-14H,9-12H2,1H3,(H,23,26)/t14-/m1/s1. The number of nitrogens with one attached hydrogen (secondary N) is 1. The summed E-state index contributed by atoms with van der Waals surface area (Å²) in [5.74, 6) is -2.93. The van der Waals surface area contributed by atoms with Crippen LogP contribution in [0.15, 0.2) is 48.5 Å². The fourth-order valence-electron chi connectivity index (χ4n) is 3.08. The van der Waals surface area contributed by atoms with Crippen molar-refractivity contribution in [3.63, 3.8) is 0 Å². The number of benzene rings is 2. The third-order valence-corrected chi connectivity index (χ3v) is 4.61. The predicted octanol–water partition coefficient (Wildman–Crippen LogP) is 2.43. The van der Waals surface area contributed by atoms with Gasteiger partial charge in [0.15, 0.2) is 11.6 Å². The molecule has 5 nitrogen and oxygen atoms in total. The Morgan fingerprint density at radius 1 is 0.963 bits per heavy atom. The fraction of sp³-hybridized carbons (Fsp3) is 0.300. The highest BCUT2D eigenvalue weighted by Crippen LogP contribution is 2.16. The van der Waals surface area contributed by atoms with E-state index in [1.165, 1.54) is 6.07 Å². The summed E-state index contributed by atoms with van der Waals surface area (Å²) in [5.41, 5.74) is 1.09. The lowest BCUT2D eigenvalue weighted by Gasteiger charge is -2.37. The van der Waals surface area contributed by atoms with Gasteiger partial charge in [-0.3, -0.25) is 9.59 Å². The van der Waals surface area contributed by atoms with E-state index in [4.69, 9.17) is 0 Å². The van der Waals surface area contributed by atoms with Gasteiger partial charge in [0.2, 0.25) is 5.91 Å². The molecule has 2 aromatic rings. The monoisotopic (exact) mass is 373 g/mol. The van der Waals surface area contributed by atoms with E-state index in [1.807, 2.05) is 30.3 Å². The molecule has 3 rings (SSSR count). The lowest BCUT2D eigenvalue weighted by atomic mass is 10.1. The van der Waals surface area contributed by atoms with E-state index in [2.05, 4.69) is 10.2 Å². The first-order valence-electron chi connectivity index (χ1n) is 8.80. The maximum Gasteiger partial charge on any atom is 0.252 e. The Balaban J connectivity index is 1.55. The van der Waals surface area contributed by atoms with Crippen LogP contribution in [0.4, 0.5) is 14.5 Å². The van der Waals surface area contributed by atoms with E-state index >= 15 is 0 Å². The van der Waals surface area contributed by atoms with Crippen molar-refractivity contribution < 1.29 is 18.4 Å². The van der Waals surface area contributed by atoms with Crippen LogP contribution < -0.4 is 10.2 Å². The van der Waals surface area contributed by atoms with Crippen molar-refractivity contribution in [2.75, 3.05) is 31.1 Å². The van der Waals surface area contributed by atoms with Crippen molar-refractivity contribution >= 4 is 17.5 Å². The summed E-state index contributed by atoms with van der Waals surface area (Å²) >= 11 is 0. The molecular formula is C20H21F2N3O2. The number of carbonyl (C=O) groups is 2. The minimum atomic E-state index is -1.10. The first-order valence-corrected chi connectivity index (χ1v) is 8.80. The number of amides is 2. The largest absolute Gasteiger partial charge is 0.368 e. The number of piperazine rings is 1. The Labute approximate surface area is 156 Å². The van der Waals surface area contributed by atoms with Crippen LogP contribution in [0.1, 0.15) is 17.3 Å². The van der Waals surface area contributed by atoms with Gasteiger partial charge in [0, 0.05) is 37.4 Å². The van der Waals surface area contributed by atoms with E-state index in [1.54, 1.807) is 11.8 Å². The molecule has 142 valence electrons. The molecule has 0 aliphatic carbocycles. The third-order valence-electron chi connectivity index (χ3n) is 4.61. The van der Waals surface area contributed by atoms with Gasteiger partial charge in [-0.1, -0.05) is 18.2 Å². The molecule has 27 heavy (non-hydrogen) atoms. The van der Waals surface area contributed by atoms with Crippen LogP contribution >= 0.6 is 0 Å². The van der Waals surface area contributed by atoms with Gasteiger partial charge >= 0.3 is 0 Å². The minimum absolute atomic E-state index is 0.0255. The lowest BCUT2D eigenvalue weighted by molar-refractivity contribution is -0.133. The van der Waals surface area contributed by atoms with Gasteiger partial charge in [0.05, 0.1) is 0 Å². The average molecular weight is 373 g/mol. The number of rotatable bonds is 4. The third kappa shape index (κ3) is 4.42. The summed E-state index contributed by atoms with van der Waals surface area (Å²) in [6, 6.07) is 12.1. The molecule has 1 heterocycles. The lowest BCUT2D eigenvalue weighted by Crippen LogP contribution is -2.54. The molecule has 0 spiro atoms. The average Bonchev–Trinajstić information content (AvgIpc) is 2.70. The van der Waals surface area contributed by atoms with Crippen molar-refractivity contribution in [1.29, 1.82) is 0 Å². The highest BCUT2D eigenvalue weighted by atomic mass is 19.2. The van der Waals surface area contributed by atoms with Crippen molar-refractivity contribution in [3.05, 3.63) is 65.7 Å². The molecule has 0 unspecified atom stereocenters. The zero-order valence-corrected chi connectivity index (χ0v) is 15.0. The molecule has 1 N–H and O–H groups in total. The number of anilines is 1. The molecule has 1 aliphatic rings. The molecule has 0 bridgehead atoms. The Hall–Kier alpha value is -2.96. The molecule has 2 aromatic carbocycles. The van der Waals surface area contributed by atoms with Gasteiger partial charge in [-0.15, -0.1) is 0 Å². The summed E-state index contributed by atoms with van der Waals surface area (Å²) in [6.45, 7) is 4.11. The fourth-order valence-corrected chi connectivity index (χ4v) is 3.08. The summed E-state index contributed by atoms with van der Waals surface area (Å²) in [4.78, 5) is 28.7. The van der Waals surface area contributed by atoms with Gasteiger partial charge in [-0.2, -0.15) is 0 Å². The minimum Gasteiger partial charge on any atom is -0.368 e. The van der Waals surface area contributed by atoms with E-state index in [0.29, 0.717) is 26.2 Å². The summed E-state index contributed by atoms with van der Waals surface area (Å²) < 4.78 is 26.2. The maximum absolute atomic E-state index is 13.3. The van der Waals surface area contributed by atoms with E-state index in [-0.39, 0.29) is 11.5 Å². The number of nitrogens with zero attached hydrogens (tertiary/aromatic N) is 2. The van der Waals surface area contributed by atoms with Crippen molar-refractivity contribution in [2.45, 2.75) is 13.0 Å². The van der Waals surface area contributed by atoms with Gasteiger partial charge in [0.1, 0.15) is 6.04 Å². The van der Waals surface area contributed by atoms with Crippen molar-refractivity contribution in [2.24, 2.45) is 0 Å². The van der Waals surface area contributed by atoms with Gasteiger partial charge < -0.3 is 15.1 Å². The smallest absolute Gasteiger partial charge is 0.252 e. The maximum atomic E-state index is 13.3. The zero-order valence-electron chi connectivity index (χ0n) is 15.0. The first kappa shape index (κ1) is 18.8. The highest BCUT2D eigenvalue weighted by molar-refractivity contribution is 5.97. The zero-order chi connectivity index (χ0) is 19.4. The molecule has 0 saturated carbocycles. The first-order chi connectivity index (χ1) is 13.0. The second kappa shape index (κ2) is 8.16. The van der Waals surface area contributed by atoms with Crippen LogP contribution in [0, 0.1) is 11.6 Å². The molecule has 2 amide bonds. The topological polar surface area (TPSA) is 52.7 Å². The molecule has 1 atom stereocenters. The normalized spacial score (nSPS) is 15.4. The van der Waals surface area contributed by atoms with E-state index < -0.39 is 23.6 Å². The van der Waals surface area contributed by atoms with Gasteiger partial charge in [-0.25, -0.2) is 8.78 Å².